The van der Waals surface area contributed by atoms with E-state index in [2.05, 4.69) is 5.32 Å². The third kappa shape index (κ3) is 6.16. The molecule has 10 heteroatoms. The van der Waals surface area contributed by atoms with Crippen molar-refractivity contribution in [2.45, 2.75) is 26.4 Å². The van der Waals surface area contributed by atoms with E-state index in [1.54, 1.807) is 26.0 Å². The Morgan fingerprint density at radius 2 is 1.73 bits per heavy atom. The molecule has 0 spiro atoms. The lowest BCUT2D eigenvalue weighted by molar-refractivity contribution is -0.139. The average Bonchev–Trinajstić information content (AvgIpc) is 2.80. The number of amides is 2. The molecule has 1 heterocycles. The predicted molar refractivity (Wildman–Crippen MR) is 125 cm³/mol. The van der Waals surface area contributed by atoms with Crippen molar-refractivity contribution < 1.29 is 27.5 Å². The minimum Gasteiger partial charge on any atom is -0.486 e. The van der Waals surface area contributed by atoms with Crippen LogP contribution < -0.4 is 19.1 Å². The van der Waals surface area contributed by atoms with Gasteiger partial charge in [0.1, 0.15) is 25.8 Å². The molecule has 33 heavy (non-hydrogen) atoms. The summed E-state index contributed by atoms with van der Waals surface area (Å²) in [7, 11) is -3.81. The van der Waals surface area contributed by atoms with Crippen LogP contribution in [-0.2, 0) is 26.2 Å². The predicted octanol–water partition coefficient (Wildman–Crippen LogP) is 1.78. The summed E-state index contributed by atoms with van der Waals surface area (Å²) in [5, 5.41) is 2.72. The first kappa shape index (κ1) is 24.4. The molecule has 1 aliphatic heterocycles. The standard InChI is InChI=1S/C23H29N3O6S/c1-4-24-23(28)17(2)25(15-18-8-6-5-7-9-18)22(27)16-26(33(3,29)30)19-10-11-20-21(14-19)32-13-12-31-20/h5-11,14,17H,4,12-13,15-16H2,1-3H3,(H,24,28)/t17-/m1/s1. The smallest absolute Gasteiger partial charge is 0.244 e. The number of likely N-dealkylation sites (N-methyl/N-ethyl adjacent to an activating group) is 1. The fourth-order valence-corrected chi connectivity index (χ4v) is 4.33. The van der Waals surface area contributed by atoms with E-state index in [9.17, 15) is 18.0 Å². The van der Waals surface area contributed by atoms with E-state index in [4.69, 9.17) is 9.47 Å². The fourth-order valence-electron chi connectivity index (χ4n) is 3.49. The van der Waals surface area contributed by atoms with Gasteiger partial charge in [0.25, 0.3) is 0 Å². The Morgan fingerprint density at radius 3 is 2.36 bits per heavy atom. The molecule has 1 aliphatic rings. The Bertz CT molecular complexity index is 1090. The molecule has 0 unspecified atom stereocenters. The zero-order valence-corrected chi connectivity index (χ0v) is 19.8. The second kappa shape index (κ2) is 10.6. The summed E-state index contributed by atoms with van der Waals surface area (Å²) in [6.07, 6.45) is 1.03. The number of ether oxygens (including phenoxy) is 2. The topological polar surface area (TPSA) is 105 Å². The van der Waals surface area contributed by atoms with Crippen molar-refractivity contribution in [3.63, 3.8) is 0 Å². The van der Waals surface area contributed by atoms with Crippen molar-refractivity contribution in [3.05, 3.63) is 54.1 Å². The number of nitrogens with zero attached hydrogens (tertiary/aromatic N) is 2. The zero-order valence-electron chi connectivity index (χ0n) is 19.0. The Balaban J connectivity index is 1.90. The van der Waals surface area contributed by atoms with Gasteiger partial charge in [0, 0.05) is 19.2 Å². The molecular weight excluding hydrogens is 446 g/mol. The molecule has 1 N–H and O–H groups in total. The van der Waals surface area contributed by atoms with Gasteiger partial charge in [0.05, 0.1) is 11.9 Å². The Morgan fingerprint density at radius 1 is 1.06 bits per heavy atom. The zero-order chi connectivity index (χ0) is 24.0. The summed E-state index contributed by atoms with van der Waals surface area (Å²) in [6.45, 7) is 4.30. The molecule has 0 bridgehead atoms. The van der Waals surface area contributed by atoms with Crippen LogP contribution in [0.1, 0.15) is 19.4 Å². The van der Waals surface area contributed by atoms with Crippen molar-refractivity contribution >= 4 is 27.5 Å². The molecule has 9 nitrogen and oxygen atoms in total. The van der Waals surface area contributed by atoms with Crippen molar-refractivity contribution in [2.24, 2.45) is 0 Å². The number of benzene rings is 2. The number of carbonyl (C=O) groups is 2. The first-order valence-electron chi connectivity index (χ1n) is 10.7. The molecule has 178 valence electrons. The maximum Gasteiger partial charge on any atom is 0.244 e. The van der Waals surface area contributed by atoms with Crippen LogP contribution in [0.3, 0.4) is 0 Å². The summed E-state index contributed by atoms with van der Waals surface area (Å²) in [5.41, 5.74) is 1.10. The summed E-state index contributed by atoms with van der Waals surface area (Å²) >= 11 is 0. The van der Waals surface area contributed by atoms with Gasteiger partial charge in [-0.15, -0.1) is 0 Å². The van der Waals surface area contributed by atoms with Gasteiger partial charge in [-0.3, -0.25) is 13.9 Å². The van der Waals surface area contributed by atoms with E-state index in [0.717, 1.165) is 16.1 Å². The summed E-state index contributed by atoms with van der Waals surface area (Å²) < 4.78 is 37.3. The number of carbonyl (C=O) groups excluding carboxylic acids is 2. The lowest BCUT2D eigenvalue weighted by Crippen LogP contribution is -2.51. The summed E-state index contributed by atoms with van der Waals surface area (Å²) in [6, 6.07) is 13.2. The van der Waals surface area contributed by atoms with E-state index in [1.165, 1.54) is 11.0 Å². The van der Waals surface area contributed by atoms with Crippen LogP contribution in [0.5, 0.6) is 11.5 Å². The van der Waals surface area contributed by atoms with Crippen LogP contribution in [0.15, 0.2) is 48.5 Å². The molecule has 0 aliphatic carbocycles. The molecule has 3 rings (SSSR count). The maximum absolute atomic E-state index is 13.4. The number of hydrogen-bond acceptors (Lipinski definition) is 6. The number of fused-ring (bicyclic) bond motifs is 1. The van der Waals surface area contributed by atoms with Gasteiger partial charge in [-0.1, -0.05) is 30.3 Å². The van der Waals surface area contributed by atoms with Crippen molar-refractivity contribution in [3.8, 4) is 11.5 Å². The average molecular weight is 476 g/mol. The molecule has 0 saturated carbocycles. The minimum atomic E-state index is -3.81. The van der Waals surface area contributed by atoms with Crippen molar-refractivity contribution in [1.82, 2.24) is 10.2 Å². The molecular formula is C23H29N3O6S. The number of rotatable bonds is 9. The number of nitrogens with one attached hydrogen (secondary N) is 1. The van der Waals surface area contributed by atoms with E-state index >= 15 is 0 Å². The van der Waals surface area contributed by atoms with E-state index in [-0.39, 0.29) is 18.1 Å². The molecule has 0 saturated heterocycles. The third-order valence-electron chi connectivity index (χ3n) is 5.21. The van der Waals surface area contributed by atoms with Crippen LogP contribution >= 0.6 is 0 Å². The van der Waals surface area contributed by atoms with E-state index in [1.807, 2.05) is 30.3 Å². The minimum absolute atomic E-state index is 0.163. The highest BCUT2D eigenvalue weighted by molar-refractivity contribution is 7.92. The first-order valence-corrected chi connectivity index (χ1v) is 12.5. The van der Waals surface area contributed by atoms with Crippen LogP contribution in [0.2, 0.25) is 0 Å². The highest BCUT2D eigenvalue weighted by atomic mass is 32.2. The Labute approximate surface area is 194 Å². The maximum atomic E-state index is 13.4. The van der Waals surface area contributed by atoms with Gasteiger partial charge in [0.15, 0.2) is 11.5 Å². The van der Waals surface area contributed by atoms with Gasteiger partial charge in [-0.25, -0.2) is 8.42 Å². The second-order valence-corrected chi connectivity index (χ2v) is 9.58. The van der Waals surface area contributed by atoms with E-state index in [0.29, 0.717) is 31.3 Å². The fraction of sp³-hybridized carbons (Fsp3) is 0.391. The molecule has 2 aromatic carbocycles. The van der Waals surface area contributed by atoms with Crippen molar-refractivity contribution in [1.29, 1.82) is 0 Å². The molecule has 0 fully saturated rings. The first-order chi connectivity index (χ1) is 15.7. The lowest BCUT2D eigenvalue weighted by atomic mass is 10.1. The highest BCUT2D eigenvalue weighted by Gasteiger charge is 2.30. The quantitative estimate of drug-likeness (QED) is 0.593. The van der Waals surface area contributed by atoms with E-state index < -0.39 is 28.5 Å². The highest BCUT2D eigenvalue weighted by Crippen LogP contribution is 2.34. The molecule has 1 atom stereocenters. The van der Waals surface area contributed by atoms with Crippen LogP contribution in [-0.4, -0.2) is 63.7 Å². The molecule has 2 amide bonds. The van der Waals surface area contributed by atoms with Gasteiger partial charge >= 0.3 is 0 Å². The summed E-state index contributed by atoms with van der Waals surface area (Å²) in [5.74, 6) is 0.113. The molecule has 2 aromatic rings. The van der Waals surface area contributed by atoms with Crippen LogP contribution in [0, 0.1) is 0 Å². The van der Waals surface area contributed by atoms with Gasteiger partial charge < -0.3 is 19.7 Å². The monoisotopic (exact) mass is 475 g/mol. The van der Waals surface area contributed by atoms with Gasteiger partial charge in [0.2, 0.25) is 21.8 Å². The largest absolute Gasteiger partial charge is 0.486 e. The Kier molecular flexibility index (Phi) is 7.80. The van der Waals surface area contributed by atoms with Gasteiger partial charge in [-0.2, -0.15) is 0 Å². The third-order valence-corrected chi connectivity index (χ3v) is 6.35. The molecule has 0 aromatic heterocycles. The Hall–Kier alpha value is -3.27. The normalized spacial score (nSPS) is 13.7. The van der Waals surface area contributed by atoms with Gasteiger partial charge in [-0.05, 0) is 31.5 Å². The number of anilines is 1. The van der Waals surface area contributed by atoms with Crippen LogP contribution in [0.25, 0.3) is 0 Å². The summed E-state index contributed by atoms with van der Waals surface area (Å²) in [4.78, 5) is 27.3. The SMILES string of the molecule is CCNC(=O)[C@@H](C)N(Cc1ccccc1)C(=O)CN(c1ccc2c(c1)OCCO2)S(C)(=O)=O. The number of sulfonamides is 1. The second-order valence-electron chi connectivity index (χ2n) is 7.68. The molecule has 0 radical (unpaired) electrons. The lowest BCUT2D eigenvalue weighted by Gasteiger charge is -2.31. The van der Waals surface area contributed by atoms with Crippen LogP contribution in [0.4, 0.5) is 5.69 Å². The van der Waals surface area contributed by atoms with Crippen molar-refractivity contribution in [2.75, 3.05) is 36.9 Å². The number of hydrogen-bond donors (Lipinski definition) is 1.